The Balaban J connectivity index is 2.70. The minimum atomic E-state index is -0.945. The number of aliphatic hydroxyl groups excluding tert-OH is 1. The summed E-state index contributed by atoms with van der Waals surface area (Å²) in [5.41, 5.74) is 1.88. The van der Waals surface area contributed by atoms with Crippen molar-refractivity contribution in [3.63, 3.8) is 0 Å². The first-order valence-electron chi connectivity index (χ1n) is 4.56. The normalized spacial score (nSPS) is 10.8. The van der Waals surface area contributed by atoms with Crippen molar-refractivity contribution in [3.8, 4) is 0 Å². The quantitative estimate of drug-likeness (QED) is 0.778. The molecule has 0 atom stereocenters. The third-order valence-corrected chi connectivity index (χ3v) is 2.51. The van der Waals surface area contributed by atoms with E-state index < -0.39 is 5.97 Å². The van der Waals surface area contributed by atoms with Gasteiger partial charge in [0.25, 0.3) is 0 Å². The molecule has 4 heteroatoms. The molecule has 0 spiro atoms. The molecule has 0 unspecified atom stereocenters. The van der Waals surface area contributed by atoms with Gasteiger partial charge in [-0.2, -0.15) is 0 Å². The van der Waals surface area contributed by atoms with Gasteiger partial charge in [0.1, 0.15) is 5.69 Å². The van der Waals surface area contributed by atoms with E-state index >= 15 is 0 Å². The maximum absolute atomic E-state index is 10.9. The van der Waals surface area contributed by atoms with E-state index in [1.54, 1.807) is 29.8 Å². The molecule has 0 saturated carbocycles. The van der Waals surface area contributed by atoms with Gasteiger partial charge in [-0.1, -0.05) is 6.07 Å². The van der Waals surface area contributed by atoms with Crippen molar-refractivity contribution in [2.45, 2.75) is 6.61 Å². The van der Waals surface area contributed by atoms with Crippen LogP contribution < -0.4 is 0 Å². The number of aromatic nitrogens is 1. The topological polar surface area (TPSA) is 62.5 Å². The molecule has 0 amide bonds. The number of rotatable bonds is 2. The Hall–Kier alpha value is -1.81. The molecular formula is C11H11NO3. The van der Waals surface area contributed by atoms with Gasteiger partial charge in [-0.05, 0) is 23.8 Å². The summed E-state index contributed by atoms with van der Waals surface area (Å²) >= 11 is 0. The zero-order chi connectivity index (χ0) is 11.0. The Morgan fingerprint density at radius 3 is 2.73 bits per heavy atom. The van der Waals surface area contributed by atoms with Crippen LogP contribution >= 0.6 is 0 Å². The number of carboxylic acids is 1. The predicted octanol–water partition coefficient (Wildman–Crippen LogP) is 1.37. The second kappa shape index (κ2) is 3.40. The molecule has 0 saturated heterocycles. The molecule has 0 radical (unpaired) electrons. The molecule has 0 bridgehead atoms. The minimum absolute atomic E-state index is 0.0345. The molecule has 1 heterocycles. The standard InChI is InChI=1S/C11H11NO3/c1-12-9-3-2-7(6-13)4-8(9)5-10(12)11(14)15/h2-5,13H,6H2,1H3,(H,14,15). The number of hydrogen-bond acceptors (Lipinski definition) is 2. The predicted molar refractivity (Wildman–Crippen MR) is 55.8 cm³/mol. The minimum Gasteiger partial charge on any atom is -0.477 e. The van der Waals surface area contributed by atoms with E-state index in [-0.39, 0.29) is 12.3 Å². The summed E-state index contributed by atoms with van der Waals surface area (Å²) in [7, 11) is 1.71. The second-order valence-corrected chi connectivity index (χ2v) is 3.45. The first kappa shape index (κ1) is 9.73. The molecule has 2 aromatic rings. The molecule has 0 aliphatic rings. The van der Waals surface area contributed by atoms with Crippen molar-refractivity contribution < 1.29 is 15.0 Å². The lowest BCUT2D eigenvalue weighted by molar-refractivity contribution is 0.0687. The number of nitrogens with zero attached hydrogens (tertiary/aromatic N) is 1. The van der Waals surface area contributed by atoms with Gasteiger partial charge in [0.15, 0.2) is 0 Å². The molecule has 0 aliphatic carbocycles. The molecule has 0 aliphatic heterocycles. The van der Waals surface area contributed by atoms with Gasteiger partial charge in [0.05, 0.1) is 6.61 Å². The van der Waals surface area contributed by atoms with Crippen molar-refractivity contribution in [1.29, 1.82) is 0 Å². The molecule has 4 nitrogen and oxygen atoms in total. The highest BCUT2D eigenvalue weighted by Gasteiger charge is 2.11. The largest absolute Gasteiger partial charge is 0.477 e. The first-order chi connectivity index (χ1) is 7.13. The van der Waals surface area contributed by atoms with Crippen LogP contribution in [0.4, 0.5) is 0 Å². The van der Waals surface area contributed by atoms with Gasteiger partial charge in [-0.25, -0.2) is 4.79 Å². The van der Waals surface area contributed by atoms with Gasteiger partial charge in [-0.3, -0.25) is 0 Å². The second-order valence-electron chi connectivity index (χ2n) is 3.45. The molecule has 2 N–H and O–H groups in total. The number of aliphatic hydroxyl groups is 1. The summed E-state index contributed by atoms with van der Waals surface area (Å²) in [6.45, 7) is -0.0345. The van der Waals surface area contributed by atoms with Gasteiger partial charge < -0.3 is 14.8 Å². The maximum atomic E-state index is 10.9. The Kier molecular flexibility index (Phi) is 2.21. The maximum Gasteiger partial charge on any atom is 0.352 e. The van der Waals surface area contributed by atoms with Gasteiger partial charge in [-0.15, -0.1) is 0 Å². The van der Waals surface area contributed by atoms with E-state index in [1.165, 1.54) is 0 Å². The SMILES string of the molecule is Cn1c(C(=O)O)cc2cc(CO)ccc21. The molecule has 2 rings (SSSR count). The summed E-state index contributed by atoms with van der Waals surface area (Å²) < 4.78 is 1.62. The number of aryl methyl sites for hydroxylation is 1. The Morgan fingerprint density at radius 1 is 1.40 bits per heavy atom. The van der Waals surface area contributed by atoms with E-state index in [9.17, 15) is 4.79 Å². The van der Waals surface area contributed by atoms with Crippen LogP contribution in [0.2, 0.25) is 0 Å². The highest BCUT2D eigenvalue weighted by atomic mass is 16.4. The van der Waals surface area contributed by atoms with Gasteiger partial charge in [0, 0.05) is 18.0 Å². The zero-order valence-electron chi connectivity index (χ0n) is 8.27. The monoisotopic (exact) mass is 205 g/mol. The Bertz CT molecular complexity index is 528. The molecular weight excluding hydrogens is 194 g/mol. The van der Waals surface area contributed by atoms with E-state index in [0.29, 0.717) is 0 Å². The lowest BCUT2D eigenvalue weighted by Crippen LogP contribution is -2.03. The van der Waals surface area contributed by atoms with Crippen molar-refractivity contribution in [2.24, 2.45) is 7.05 Å². The van der Waals surface area contributed by atoms with Gasteiger partial charge in [0.2, 0.25) is 0 Å². The van der Waals surface area contributed by atoms with Gasteiger partial charge >= 0.3 is 5.97 Å². The third kappa shape index (κ3) is 1.49. The van der Waals surface area contributed by atoms with Crippen LogP contribution in [0.3, 0.4) is 0 Å². The lowest BCUT2D eigenvalue weighted by Gasteiger charge is -2.00. The number of hydrogen-bond donors (Lipinski definition) is 2. The van der Waals surface area contributed by atoms with E-state index in [1.807, 2.05) is 6.07 Å². The number of fused-ring (bicyclic) bond motifs is 1. The van der Waals surface area contributed by atoms with E-state index in [4.69, 9.17) is 10.2 Å². The number of carbonyl (C=O) groups is 1. The highest BCUT2D eigenvalue weighted by molar-refractivity contribution is 5.94. The van der Waals surface area contributed by atoms with Crippen molar-refractivity contribution in [3.05, 3.63) is 35.5 Å². The molecule has 1 aromatic carbocycles. The number of carboxylic acid groups (broad SMARTS) is 1. The van der Waals surface area contributed by atoms with E-state index in [2.05, 4.69) is 0 Å². The van der Waals surface area contributed by atoms with E-state index in [0.717, 1.165) is 16.5 Å². The van der Waals surface area contributed by atoms with Crippen LogP contribution in [0.25, 0.3) is 10.9 Å². The third-order valence-electron chi connectivity index (χ3n) is 2.51. The summed E-state index contributed by atoms with van der Waals surface area (Å²) in [6, 6.07) is 7.00. The Morgan fingerprint density at radius 2 is 2.13 bits per heavy atom. The number of aromatic carboxylic acids is 1. The summed E-state index contributed by atoms with van der Waals surface area (Å²) in [5, 5.41) is 18.7. The fourth-order valence-electron chi connectivity index (χ4n) is 1.70. The van der Waals surface area contributed by atoms with Crippen LogP contribution in [-0.2, 0) is 13.7 Å². The fourth-order valence-corrected chi connectivity index (χ4v) is 1.70. The van der Waals surface area contributed by atoms with Crippen molar-refractivity contribution in [1.82, 2.24) is 4.57 Å². The fraction of sp³-hybridized carbons (Fsp3) is 0.182. The summed E-state index contributed by atoms with van der Waals surface area (Å²) in [6.07, 6.45) is 0. The lowest BCUT2D eigenvalue weighted by atomic mass is 10.2. The summed E-state index contributed by atoms with van der Waals surface area (Å²) in [4.78, 5) is 10.9. The van der Waals surface area contributed by atoms with Crippen LogP contribution in [-0.4, -0.2) is 20.7 Å². The highest BCUT2D eigenvalue weighted by Crippen LogP contribution is 2.20. The van der Waals surface area contributed by atoms with Crippen LogP contribution in [0, 0.1) is 0 Å². The number of benzene rings is 1. The van der Waals surface area contributed by atoms with Crippen LogP contribution in [0.15, 0.2) is 24.3 Å². The van der Waals surface area contributed by atoms with Crippen molar-refractivity contribution >= 4 is 16.9 Å². The molecule has 15 heavy (non-hydrogen) atoms. The molecule has 0 fully saturated rings. The van der Waals surface area contributed by atoms with Crippen LogP contribution in [0.1, 0.15) is 16.1 Å². The van der Waals surface area contributed by atoms with Crippen LogP contribution in [0.5, 0.6) is 0 Å². The zero-order valence-corrected chi connectivity index (χ0v) is 8.27. The molecule has 78 valence electrons. The summed E-state index contributed by atoms with van der Waals surface area (Å²) in [5.74, 6) is -0.945. The smallest absolute Gasteiger partial charge is 0.352 e. The average molecular weight is 205 g/mol. The van der Waals surface area contributed by atoms with Crippen molar-refractivity contribution in [2.75, 3.05) is 0 Å². The molecule has 1 aromatic heterocycles. The first-order valence-corrected chi connectivity index (χ1v) is 4.56. The average Bonchev–Trinajstić information content (AvgIpc) is 2.55. The Labute approximate surface area is 86.4 Å².